The van der Waals surface area contributed by atoms with Gasteiger partial charge in [-0.25, -0.2) is 0 Å². The zero-order valence-electron chi connectivity index (χ0n) is 8.87. The zero-order chi connectivity index (χ0) is 10.8. The fourth-order valence-corrected chi connectivity index (χ4v) is 1.30. The van der Waals surface area contributed by atoms with Crippen LogP contribution in [0.15, 0.2) is 24.3 Å². The van der Waals surface area contributed by atoms with Crippen LogP contribution in [0.1, 0.15) is 39.3 Å². The summed E-state index contributed by atoms with van der Waals surface area (Å²) in [5.41, 5.74) is 2.21. The van der Waals surface area contributed by atoms with Crippen molar-refractivity contribution in [2.75, 3.05) is 0 Å². The highest BCUT2D eigenvalue weighted by atomic mass is 16.4. The minimum Gasteiger partial charge on any atom is -0.481 e. The molecule has 0 aliphatic rings. The second-order valence-corrected chi connectivity index (χ2v) is 4.52. The smallest absolute Gasteiger partial charge is 0.307 e. The normalized spacial score (nSPS) is 10.6. The Bertz CT molecular complexity index is 317. The molecule has 2 heteroatoms. The Morgan fingerprint density at radius 3 is 2.00 bits per heavy atom. The van der Waals surface area contributed by atoms with Gasteiger partial charge in [0, 0.05) is 0 Å². The lowest BCUT2D eigenvalue weighted by Crippen LogP contribution is -2.11. The molecule has 84 valence electrons. The first-order valence-corrected chi connectivity index (χ1v) is 4.71. The summed E-state index contributed by atoms with van der Waals surface area (Å²) in [4.78, 5) is 10.5. The van der Waals surface area contributed by atoms with E-state index in [1.165, 1.54) is 5.56 Å². The first-order valence-electron chi connectivity index (χ1n) is 4.71. The summed E-state index contributed by atoms with van der Waals surface area (Å²) in [5.74, 6) is -0.784. The van der Waals surface area contributed by atoms with Gasteiger partial charge in [-0.15, -0.1) is 0 Å². The number of rotatable bonds is 2. The molecule has 0 radical (unpaired) electrons. The van der Waals surface area contributed by atoms with E-state index in [1.807, 2.05) is 24.3 Å². The molecule has 0 fully saturated rings. The van der Waals surface area contributed by atoms with Gasteiger partial charge in [0.05, 0.1) is 6.42 Å². The molecule has 0 saturated carbocycles. The van der Waals surface area contributed by atoms with Crippen LogP contribution in [0.3, 0.4) is 0 Å². The highest BCUT2D eigenvalue weighted by Gasteiger charge is 2.12. The molecule has 0 heterocycles. The van der Waals surface area contributed by atoms with E-state index in [-0.39, 0.29) is 19.3 Å². The van der Waals surface area contributed by atoms with Crippen LogP contribution in [0.2, 0.25) is 0 Å². The minimum atomic E-state index is -0.784. The van der Waals surface area contributed by atoms with E-state index >= 15 is 0 Å². The Hall–Kier alpha value is -1.31. The topological polar surface area (TPSA) is 37.3 Å². The SMILES string of the molecule is C.CC(C)(C)c1ccc(CC(=O)O)cc1. The summed E-state index contributed by atoms with van der Waals surface area (Å²) in [6, 6.07) is 7.76. The number of carboxylic acid groups (broad SMARTS) is 1. The van der Waals surface area contributed by atoms with E-state index in [0.29, 0.717) is 0 Å². The lowest BCUT2D eigenvalue weighted by molar-refractivity contribution is -0.136. The Kier molecular flexibility index (Phi) is 4.53. The molecule has 0 spiro atoms. The summed E-state index contributed by atoms with van der Waals surface area (Å²) in [6.07, 6.45) is 0.102. The quantitative estimate of drug-likeness (QED) is 0.810. The molecule has 2 nitrogen and oxygen atoms in total. The molecule has 1 aromatic rings. The highest BCUT2D eigenvalue weighted by Crippen LogP contribution is 2.22. The molecule has 0 aliphatic carbocycles. The third-order valence-electron chi connectivity index (χ3n) is 2.18. The van der Waals surface area contributed by atoms with Gasteiger partial charge in [-0.05, 0) is 16.5 Å². The van der Waals surface area contributed by atoms with E-state index in [1.54, 1.807) is 0 Å². The van der Waals surface area contributed by atoms with Crippen molar-refractivity contribution in [1.82, 2.24) is 0 Å². The number of carbonyl (C=O) groups is 1. The molecule has 1 N–H and O–H groups in total. The van der Waals surface area contributed by atoms with Gasteiger partial charge in [-0.1, -0.05) is 52.5 Å². The Balaban J connectivity index is 0.00000196. The zero-order valence-corrected chi connectivity index (χ0v) is 8.87. The molecule has 0 bridgehead atoms. The summed E-state index contributed by atoms with van der Waals surface area (Å²) in [5, 5.41) is 8.60. The van der Waals surface area contributed by atoms with Gasteiger partial charge in [0.2, 0.25) is 0 Å². The minimum absolute atomic E-state index is 0. The predicted molar refractivity (Wildman–Crippen MR) is 63.2 cm³/mol. The van der Waals surface area contributed by atoms with Crippen molar-refractivity contribution in [2.45, 2.75) is 40.0 Å². The predicted octanol–water partition coefficient (Wildman–Crippen LogP) is 3.25. The van der Waals surface area contributed by atoms with Crippen LogP contribution in [0.25, 0.3) is 0 Å². The van der Waals surface area contributed by atoms with E-state index in [0.717, 1.165) is 5.56 Å². The molecule has 1 rings (SSSR count). The molecular weight excluding hydrogens is 188 g/mol. The van der Waals surface area contributed by atoms with Crippen LogP contribution in [0, 0.1) is 0 Å². The molecule has 0 aromatic heterocycles. The highest BCUT2D eigenvalue weighted by molar-refractivity contribution is 5.70. The van der Waals surface area contributed by atoms with E-state index in [2.05, 4.69) is 20.8 Å². The third kappa shape index (κ3) is 4.15. The fourth-order valence-electron chi connectivity index (χ4n) is 1.30. The van der Waals surface area contributed by atoms with Gasteiger partial charge in [-0.3, -0.25) is 4.79 Å². The van der Waals surface area contributed by atoms with Crippen LogP contribution in [-0.4, -0.2) is 11.1 Å². The van der Waals surface area contributed by atoms with Crippen LogP contribution < -0.4 is 0 Å². The van der Waals surface area contributed by atoms with E-state index in [4.69, 9.17) is 5.11 Å². The first-order chi connectivity index (χ1) is 6.39. The number of aliphatic carboxylic acids is 1. The molecule has 1 aromatic carbocycles. The van der Waals surface area contributed by atoms with Crippen molar-refractivity contribution in [2.24, 2.45) is 0 Å². The average molecular weight is 208 g/mol. The standard InChI is InChI=1S/C12H16O2.CH4/c1-12(2,3)10-6-4-9(5-7-10)8-11(13)14;/h4-7H,8H2,1-3H3,(H,13,14);1H4. The van der Waals surface area contributed by atoms with E-state index in [9.17, 15) is 4.79 Å². The maximum atomic E-state index is 10.5. The number of hydrogen-bond acceptors (Lipinski definition) is 1. The maximum Gasteiger partial charge on any atom is 0.307 e. The van der Waals surface area contributed by atoms with Crippen molar-refractivity contribution in [3.8, 4) is 0 Å². The summed E-state index contributed by atoms with van der Waals surface area (Å²) < 4.78 is 0. The van der Waals surface area contributed by atoms with Crippen LogP contribution in [0.4, 0.5) is 0 Å². The molecule has 0 unspecified atom stereocenters. The van der Waals surface area contributed by atoms with Crippen LogP contribution >= 0.6 is 0 Å². The molecule has 0 amide bonds. The molecule has 0 saturated heterocycles. The van der Waals surface area contributed by atoms with Crippen LogP contribution in [-0.2, 0) is 16.6 Å². The monoisotopic (exact) mass is 208 g/mol. The van der Waals surface area contributed by atoms with Gasteiger partial charge in [0.25, 0.3) is 0 Å². The van der Waals surface area contributed by atoms with Gasteiger partial charge < -0.3 is 5.11 Å². The van der Waals surface area contributed by atoms with Crippen molar-refractivity contribution in [3.63, 3.8) is 0 Å². The molecule has 0 aliphatic heterocycles. The second kappa shape index (κ2) is 4.96. The van der Waals surface area contributed by atoms with Gasteiger partial charge in [-0.2, -0.15) is 0 Å². The lowest BCUT2D eigenvalue weighted by Gasteiger charge is -2.18. The third-order valence-corrected chi connectivity index (χ3v) is 2.18. The van der Waals surface area contributed by atoms with Gasteiger partial charge >= 0.3 is 5.97 Å². The fraction of sp³-hybridized carbons (Fsp3) is 0.462. The van der Waals surface area contributed by atoms with Crippen LogP contribution in [0.5, 0.6) is 0 Å². The summed E-state index contributed by atoms with van der Waals surface area (Å²) >= 11 is 0. The summed E-state index contributed by atoms with van der Waals surface area (Å²) in [7, 11) is 0. The summed E-state index contributed by atoms with van der Waals surface area (Å²) in [6.45, 7) is 6.41. The number of benzene rings is 1. The Morgan fingerprint density at radius 2 is 1.67 bits per heavy atom. The molecule has 15 heavy (non-hydrogen) atoms. The largest absolute Gasteiger partial charge is 0.481 e. The first kappa shape index (κ1) is 13.7. The average Bonchev–Trinajstić information content (AvgIpc) is 2.02. The second-order valence-electron chi connectivity index (χ2n) is 4.52. The van der Waals surface area contributed by atoms with Crippen molar-refractivity contribution >= 4 is 5.97 Å². The molecule has 0 atom stereocenters. The Labute approximate surface area is 91.9 Å². The van der Waals surface area contributed by atoms with E-state index < -0.39 is 5.97 Å². The maximum absolute atomic E-state index is 10.5. The molecular formula is C13H20O2. The van der Waals surface area contributed by atoms with Gasteiger partial charge in [0.15, 0.2) is 0 Å². The van der Waals surface area contributed by atoms with Crippen molar-refractivity contribution < 1.29 is 9.90 Å². The van der Waals surface area contributed by atoms with Gasteiger partial charge in [0.1, 0.15) is 0 Å². The van der Waals surface area contributed by atoms with Crippen molar-refractivity contribution in [1.29, 1.82) is 0 Å². The van der Waals surface area contributed by atoms with Crippen molar-refractivity contribution in [3.05, 3.63) is 35.4 Å². The number of carboxylic acids is 1. The number of hydrogen-bond donors (Lipinski definition) is 1. The lowest BCUT2D eigenvalue weighted by atomic mass is 9.86. The Morgan fingerprint density at radius 1 is 1.20 bits per heavy atom.